The summed E-state index contributed by atoms with van der Waals surface area (Å²) >= 11 is 0. The Morgan fingerprint density at radius 1 is 1.73 bits per heavy atom. The molecule has 11 heavy (non-hydrogen) atoms. The van der Waals surface area contributed by atoms with Gasteiger partial charge in [0.25, 0.3) is 0 Å². The average molecular weight is 149 g/mol. The van der Waals surface area contributed by atoms with Crippen LogP contribution in [0, 0.1) is 11.6 Å². The molecule has 1 heterocycles. The van der Waals surface area contributed by atoms with E-state index in [2.05, 4.69) is 13.1 Å². The number of rotatable bonds is 4. The molecule has 2 nitrogen and oxygen atoms in total. The Hall–Kier alpha value is -1.14. The van der Waals surface area contributed by atoms with Crippen LogP contribution in [-0.4, -0.2) is 17.7 Å². The van der Waals surface area contributed by atoms with Gasteiger partial charge in [-0.25, -0.2) is 4.90 Å². The highest BCUT2D eigenvalue weighted by Crippen LogP contribution is 2.07. The van der Waals surface area contributed by atoms with Gasteiger partial charge in [0.15, 0.2) is 5.57 Å². The van der Waals surface area contributed by atoms with Gasteiger partial charge in [0.2, 0.25) is 0 Å². The number of allylic oxidation sites excluding steroid dienone is 2. The van der Waals surface area contributed by atoms with E-state index in [0.29, 0.717) is 0 Å². The van der Waals surface area contributed by atoms with Crippen LogP contribution in [0.25, 0.3) is 0 Å². The van der Waals surface area contributed by atoms with Crippen LogP contribution in [0.1, 0.15) is 19.8 Å². The first kappa shape index (κ1) is 7.96. The van der Waals surface area contributed by atoms with Crippen LogP contribution in [0.3, 0.4) is 0 Å². The van der Waals surface area contributed by atoms with Crippen molar-refractivity contribution in [3.8, 4) is 0 Å². The van der Waals surface area contributed by atoms with Crippen molar-refractivity contribution in [1.29, 1.82) is 5.41 Å². The van der Waals surface area contributed by atoms with Crippen molar-refractivity contribution in [2.75, 3.05) is 6.54 Å². The standard InChI is InChI=1S/C9H13N2/c1-2-3-5-11-6-4-9(7-10)8-11/h4,6-7,10H,2-3,5H2,1H3/q+1. The zero-order valence-corrected chi connectivity index (χ0v) is 6.80. The fourth-order valence-corrected chi connectivity index (χ4v) is 0.950. The predicted octanol–water partition coefficient (Wildman–Crippen LogP) is 1.95. The first-order valence-corrected chi connectivity index (χ1v) is 3.95. The first-order valence-electron chi connectivity index (χ1n) is 3.95. The van der Waals surface area contributed by atoms with E-state index in [1.165, 1.54) is 19.1 Å². The first-order chi connectivity index (χ1) is 5.36. The SMILES string of the molecule is CCCCN1[C+]=C(C=N)C=C1. The second-order valence-corrected chi connectivity index (χ2v) is 2.57. The Labute approximate surface area is 67.7 Å². The van der Waals surface area contributed by atoms with Crippen LogP contribution in [0.2, 0.25) is 0 Å². The summed E-state index contributed by atoms with van der Waals surface area (Å²) in [5.41, 5.74) is 0.862. The van der Waals surface area contributed by atoms with Gasteiger partial charge in [-0.1, -0.05) is 13.3 Å². The molecule has 0 aromatic rings. The molecule has 0 unspecified atom stereocenters. The van der Waals surface area contributed by atoms with E-state index in [4.69, 9.17) is 5.41 Å². The lowest BCUT2D eigenvalue weighted by atomic mass is 10.3. The van der Waals surface area contributed by atoms with Crippen LogP contribution in [0.4, 0.5) is 0 Å². The molecule has 0 radical (unpaired) electrons. The molecule has 1 aliphatic rings. The zero-order valence-electron chi connectivity index (χ0n) is 6.80. The third kappa shape index (κ3) is 2.17. The summed E-state index contributed by atoms with van der Waals surface area (Å²) in [5, 5.41) is 6.96. The van der Waals surface area contributed by atoms with E-state index in [1.54, 1.807) is 0 Å². The van der Waals surface area contributed by atoms with Crippen LogP contribution in [0.5, 0.6) is 0 Å². The zero-order chi connectivity index (χ0) is 8.10. The molecule has 0 saturated heterocycles. The molecule has 1 N–H and O–H groups in total. The Kier molecular flexibility index (Phi) is 2.82. The molecule has 0 atom stereocenters. The van der Waals surface area contributed by atoms with Crippen LogP contribution in [0.15, 0.2) is 17.8 Å². The lowest BCUT2D eigenvalue weighted by Crippen LogP contribution is -2.09. The van der Waals surface area contributed by atoms with Crippen molar-refractivity contribution >= 4 is 6.21 Å². The molecule has 0 aromatic carbocycles. The molecule has 1 aliphatic heterocycles. The van der Waals surface area contributed by atoms with Crippen LogP contribution >= 0.6 is 0 Å². The molecule has 2 heteroatoms. The van der Waals surface area contributed by atoms with Crippen molar-refractivity contribution in [1.82, 2.24) is 4.90 Å². The van der Waals surface area contributed by atoms with Crippen LogP contribution < -0.4 is 0 Å². The second-order valence-electron chi connectivity index (χ2n) is 2.57. The third-order valence-corrected chi connectivity index (χ3v) is 1.61. The summed E-state index contributed by atoms with van der Waals surface area (Å²) in [7, 11) is 0. The Morgan fingerprint density at radius 2 is 2.55 bits per heavy atom. The number of nitrogens with zero attached hydrogens (tertiary/aromatic N) is 1. The summed E-state index contributed by atoms with van der Waals surface area (Å²) in [6.45, 7) is 3.19. The lowest BCUT2D eigenvalue weighted by Gasteiger charge is -2.02. The van der Waals surface area contributed by atoms with E-state index in [1.807, 2.05) is 17.2 Å². The van der Waals surface area contributed by atoms with E-state index in [9.17, 15) is 0 Å². The van der Waals surface area contributed by atoms with Gasteiger partial charge < -0.3 is 0 Å². The van der Waals surface area contributed by atoms with Crippen molar-refractivity contribution in [3.63, 3.8) is 0 Å². The average Bonchev–Trinajstić information content (AvgIpc) is 2.48. The predicted molar refractivity (Wildman–Crippen MR) is 46.3 cm³/mol. The molecule has 0 aliphatic carbocycles. The maximum absolute atomic E-state index is 6.96. The molecule has 0 fully saturated rings. The summed E-state index contributed by atoms with van der Waals surface area (Å²) in [6.07, 6.45) is 10.7. The van der Waals surface area contributed by atoms with Crippen molar-refractivity contribution in [2.45, 2.75) is 19.8 Å². The highest BCUT2D eigenvalue weighted by molar-refractivity contribution is 5.79. The maximum atomic E-state index is 6.96. The minimum absolute atomic E-state index is 0.862. The molecule has 0 amide bonds. The minimum atomic E-state index is 0.862. The number of unbranched alkanes of at least 4 members (excludes halogenated alkanes) is 1. The van der Waals surface area contributed by atoms with Gasteiger partial charge in [-0.2, -0.15) is 0 Å². The smallest absolute Gasteiger partial charge is 0.194 e. The number of hydrogen-bond donors (Lipinski definition) is 1. The molecule has 0 bridgehead atoms. The minimum Gasteiger partial charge on any atom is -0.258 e. The Morgan fingerprint density at radius 3 is 3.09 bits per heavy atom. The largest absolute Gasteiger partial charge is 0.258 e. The Balaban J connectivity index is 2.35. The fraction of sp³-hybridized carbons (Fsp3) is 0.444. The lowest BCUT2D eigenvalue weighted by molar-refractivity contribution is 0.474. The topological polar surface area (TPSA) is 27.1 Å². The highest BCUT2D eigenvalue weighted by Gasteiger charge is 2.12. The normalized spacial score (nSPS) is 14.6. The third-order valence-electron chi connectivity index (χ3n) is 1.61. The molecule has 0 spiro atoms. The van der Waals surface area contributed by atoms with Crippen molar-refractivity contribution in [2.24, 2.45) is 0 Å². The molecule has 58 valence electrons. The Bertz CT molecular complexity index is 192. The summed E-state index contributed by atoms with van der Waals surface area (Å²) in [5.74, 6) is 0. The quantitative estimate of drug-likeness (QED) is 0.480. The van der Waals surface area contributed by atoms with E-state index in [-0.39, 0.29) is 0 Å². The number of nitrogens with one attached hydrogen (secondary N) is 1. The van der Waals surface area contributed by atoms with E-state index >= 15 is 0 Å². The summed E-state index contributed by atoms with van der Waals surface area (Å²) in [6, 6.07) is 0. The van der Waals surface area contributed by atoms with Gasteiger partial charge >= 0.3 is 0 Å². The van der Waals surface area contributed by atoms with Gasteiger partial charge in [0.1, 0.15) is 18.6 Å². The maximum Gasteiger partial charge on any atom is 0.194 e. The van der Waals surface area contributed by atoms with Gasteiger partial charge in [-0.15, -0.1) is 0 Å². The monoisotopic (exact) mass is 149 g/mol. The van der Waals surface area contributed by atoms with Crippen molar-refractivity contribution in [3.05, 3.63) is 24.0 Å². The summed E-state index contributed by atoms with van der Waals surface area (Å²) < 4.78 is 0. The van der Waals surface area contributed by atoms with E-state index < -0.39 is 0 Å². The molecular formula is C9H13N2+. The van der Waals surface area contributed by atoms with Gasteiger partial charge in [-0.05, 0) is 6.42 Å². The van der Waals surface area contributed by atoms with E-state index in [0.717, 1.165) is 12.1 Å². The highest BCUT2D eigenvalue weighted by atomic mass is 15.1. The molecule has 0 saturated carbocycles. The fourth-order valence-electron chi connectivity index (χ4n) is 0.950. The number of hydrogen-bond acceptors (Lipinski definition) is 2. The van der Waals surface area contributed by atoms with Gasteiger partial charge in [0, 0.05) is 0 Å². The second kappa shape index (κ2) is 3.89. The summed E-state index contributed by atoms with van der Waals surface area (Å²) in [4.78, 5) is 2.00. The molecular weight excluding hydrogens is 136 g/mol. The van der Waals surface area contributed by atoms with Crippen molar-refractivity contribution < 1.29 is 0 Å². The molecule has 0 aromatic heterocycles. The van der Waals surface area contributed by atoms with Gasteiger partial charge in [0.05, 0.1) is 12.6 Å². The van der Waals surface area contributed by atoms with Gasteiger partial charge in [-0.3, -0.25) is 5.41 Å². The molecule has 1 rings (SSSR count). The van der Waals surface area contributed by atoms with Crippen LogP contribution in [-0.2, 0) is 0 Å².